The molecule has 0 fully saturated rings. The lowest BCUT2D eigenvalue weighted by molar-refractivity contribution is -0.139. The lowest BCUT2D eigenvalue weighted by Gasteiger charge is -2.14. The monoisotopic (exact) mass is 216 g/mol. The third kappa shape index (κ3) is 6.90. The van der Waals surface area contributed by atoms with Gasteiger partial charge in [0.05, 0.1) is 6.54 Å². The van der Waals surface area contributed by atoms with Gasteiger partial charge in [-0.2, -0.15) is 0 Å². The molecule has 15 heavy (non-hydrogen) atoms. The molecule has 5 nitrogen and oxygen atoms in total. The summed E-state index contributed by atoms with van der Waals surface area (Å²) in [5.74, 6) is -1.12. The van der Waals surface area contributed by atoms with E-state index in [4.69, 9.17) is 5.11 Å². The van der Waals surface area contributed by atoms with E-state index in [1.807, 2.05) is 13.8 Å². The molecule has 1 unspecified atom stereocenters. The number of carboxylic acids is 1. The van der Waals surface area contributed by atoms with E-state index in [9.17, 15) is 9.59 Å². The van der Waals surface area contributed by atoms with Crippen LogP contribution in [0.25, 0.3) is 0 Å². The molecule has 88 valence electrons. The van der Waals surface area contributed by atoms with Crippen molar-refractivity contribution in [3.8, 4) is 0 Å². The van der Waals surface area contributed by atoms with Gasteiger partial charge in [-0.05, 0) is 20.3 Å². The number of hydrogen-bond donors (Lipinski definition) is 3. The first kappa shape index (κ1) is 13.9. The highest BCUT2D eigenvalue weighted by atomic mass is 16.4. The summed E-state index contributed by atoms with van der Waals surface area (Å²) < 4.78 is 0. The summed E-state index contributed by atoms with van der Waals surface area (Å²) in [5.41, 5.74) is 0. The quantitative estimate of drug-likeness (QED) is 0.574. The fraction of sp³-hybridized carbons (Fsp3) is 0.800. The number of rotatable bonds is 7. The smallest absolute Gasteiger partial charge is 0.320 e. The predicted octanol–water partition coefficient (Wildman–Crippen LogP) is 0.354. The van der Waals surface area contributed by atoms with Crippen LogP contribution in [0.15, 0.2) is 0 Å². The highest BCUT2D eigenvalue weighted by molar-refractivity contribution is 5.79. The molecule has 0 aromatic heterocycles. The van der Waals surface area contributed by atoms with E-state index >= 15 is 0 Å². The molecule has 0 heterocycles. The van der Waals surface area contributed by atoms with E-state index in [1.54, 1.807) is 0 Å². The fourth-order valence-corrected chi connectivity index (χ4v) is 1.16. The molecule has 0 bridgehead atoms. The molecular weight excluding hydrogens is 196 g/mol. The van der Waals surface area contributed by atoms with Crippen LogP contribution >= 0.6 is 0 Å². The van der Waals surface area contributed by atoms with Gasteiger partial charge in [0.15, 0.2) is 0 Å². The van der Waals surface area contributed by atoms with E-state index in [0.717, 1.165) is 12.8 Å². The second-order valence-electron chi connectivity index (χ2n) is 3.70. The number of aliphatic carboxylic acids is 1. The molecule has 0 aliphatic carbocycles. The number of carboxylic acid groups (broad SMARTS) is 1. The van der Waals surface area contributed by atoms with Crippen LogP contribution in [0, 0.1) is 0 Å². The zero-order chi connectivity index (χ0) is 11.8. The van der Waals surface area contributed by atoms with Crippen molar-refractivity contribution < 1.29 is 14.7 Å². The molecule has 0 spiro atoms. The average molecular weight is 216 g/mol. The molecule has 0 aliphatic rings. The Hall–Kier alpha value is -1.10. The van der Waals surface area contributed by atoms with Crippen molar-refractivity contribution in [3.05, 3.63) is 0 Å². The molecule has 2 atom stereocenters. The highest BCUT2D eigenvalue weighted by Crippen LogP contribution is 1.93. The van der Waals surface area contributed by atoms with Gasteiger partial charge in [0.1, 0.15) is 6.04 Å². The van der Waals surface area contributed by atoms with Crippen LogP contribution < -0.4 is 10.6 Å². The maximum Gasteiger partial charge on any atom is 0.320 e. The van der Waals surface area contributed by atoms with Crippen LogP contribution in [0.3, 0.4) is 0 Å². The van der Waals surface area contributed by atoms with Crippen LogP contribution in [-0.2, 0) is 9.59 Å². The first-order valence-electron chi connectivity index (χ1n) is 5.23. The summed E-state index contributed by atoms with van der Waals surface area (Å²) in [7, 11) is 0. The fourth-order valence-electron chi connectivity index (χ4n) is 1.16. The SMILES string of the molecule is CCCC(C)NC(=O)CN[C@H](C)C(=O)O. The Bertz CT molecular complexity index is 219. The Kier molecular flexibility index (Phi) is 6.70. The van der Waals surface area contributed by atoms with E-state index in [0.29, 0.717) is 0 Å². The highest BCUT2D eigenvalue weighted by Gasteiger charge is 2.12. The van der Waals surface area contributed by atoms with E-state index in [1.165, 1.54) is 6.92 Å². The second kappa shape index (κ2) is 7.23. The van der Waals surface area contributed by atoms with Crippen LogP contribution in [0.2, 0.25) is 0 Å². The summed E-state index contributed by atoms with van der Waals surface area (Å²) >= 11 is 0. The molecular formula is C10H20N2O3. The van der Waals surface area contributed by atoms with Gasteiger partial charge in [-0.15, -0.1) is 0 Å². The number of hydrogen-bond acceptors (Lipinski definition) is 3. The van der Waals surface area contributed by atoms with Gasteiger partial charge in [-0.3, -0.25) is 14.9 Å². The van der Waals surface area contributed by atoms with Crippen molar-refractivity contribution in [1.82, 2.24) is 10.6 Å². The topological polar surface area (TPSA) is 78.4 Å². The van der Waals surface area contributed by atoms with Gasteiger partial charge in [0, 0.05) is 6.04 Å². The lowest BCUT2D eigenvalue weighted by atomic mass is 10.2. The van der Waals surface area contributed by atoms with Crippen molar-refractivity contribution in [1.29, 1.82) is 0 Å². The molecule has 0 saturated carbocycles. The van der Waals surface area contributed by atoms with Crippen molar-refractivity contribution in [2.45, 2.75) is 45.7 Å². The zero-order valence-electron chi connectivity index (χ0n) is 9.54. The Morgan fingerprint density at radius 2 is 1.93 bits per heavy atom. The van der Waals surface area contributed by atoms with E-state index in [2.05, 4.69) is 10.6 Å². The van der Waals surface area contributed by atoms with Gasteiger partial charge in [-0.1, -0.05) is 13.3 Å². The Balaban J connectivity index is 3.70. The van der Waals surface area contributed by atoms with Crippen molar-refractivity contribution in [2.75, 3.05) is 6.54 Å². The Labute approximate surface area is 90.2 Å². The Morgan fingerprint density at radius 1 is 1.33 bits per heavy atom. The minimum atomic E-state index is -0.954. The molecule has 0 aromatic carbocycles. The van der Waals surface area contributed by atoms with Crippen LogP contribution in [0.4, 0.5) is 0 Å². The molecule has 0 radical (unpaired) electrons. The van der Waals surface area contributed by atoms with Gasteiger partial charge in [-0.25, -0.2) is 0 Å². The van der Waals surface area contributed by atoms with Gasteiger partial charge < -0.3 is 10.4 Å². The van der Waals surface area contributed by atoms with Crippen LogP contribution in [0.1, 0.15) is 33.6 Å². The first-order valence-corrected chi connectivity index (χ1v) is 5.23. The van der Waals surface area contributed by atoms with Crippen LogP contribution in [0.5, 0.6) is 0 Å². The first-order chi connectivity index (χ1) is 6.97. The van der Waals surface area contributed by atoms with Gasteiger partial charge in [0.25, 0.3) is 0 Å². The average Bonchev–Trinajstić information content (AvgIpc) is 2.14. The van der Waals surface area contributed by atoms with E-state index < -0.39 is 12.0 Å². The number of amides is 1. The van der Waals surface area contributed by atoms with Crippen molar-refractivity contribution in [2.24, 2.45) is 0 Å². The minimum absolute atomic E-state index is 0.0432. The molecule has 0 aromatic rings. The molecule has 0 rings (SSSR count). The summed E-state index contributed by atoms with van der Waals surface area (Å²) in [6.07, 6.45) is 1.95. The summed E-state index contributed by atoms with van der Waals surface area (Å²) in [4.78, 5) is 21.7. The van der Waals surface area contributed by atoms with Gasteiger partial charge in [0.2, 0.25) is 5.91 Å². The normalized spacial score (nSPS) is 14.3. The van der Waals surface area contributed by atoms with Crippen LogP contribution in [-0.4, -0.2) is 35.6 Å². The van der Waals surface area contributed by atoms with E-state index in [-0.39, 0.29) is 18.5 Å². The maximum absolute atomic E-state index is 11.3. The van der Waals surface area contributed by atoms with Crippen molar-refractivity contribution >= 4 is 11.9 Å². The largest absolute Gasteiger partial charge is 0.480 e. The third-order valence-electron chi connectivity index (χ3n) is 2.07. The second-order valence-corrected chi connectivity index (χ2v) is 3.70. The maximum atomic E-state index is 11.3. The predicted molar refractivity (Wildman–Crippen MR) is 57.6 cm³/mol. The third-order valence-corrected chi connectivity index (χ3v) is 2.07. The molecule has 5 heteroatoms. The zero-order valence-corrected chi connectivity index (χ0v) is 9.54. The molecule has 3 N–H and O–H groups in total. The van der Waals surface area contributed by atoms with Crippen molar-refractivity contribution in [3.63, 3.8) is 0 Å². The summed E-state index contributed by atoms with van der Waals surface area (Å²) in [6.45, 7) is 5.53. The standard InChI is InChI=1S/C10H20N2O3/c1-4-5-7(2)12-9(13)6-11-8(3)10(14)15/h7-8,11H,4-6H2,1-3H3,(H,12,13)(H,14,15)/t7?,8-/m1/s1. The number of nitrogens with one attached hydrogen (secondary N) is 2. The molecule has 0 saturated heterocycles. The molecule has 0 aliphatic heterocycles. The van der Waals surface area contributed by atoms with Gasteiger partial charge >= 0.3 is 5.97 Å². The summed E-state index contributed by atoms with van der Waals surface area (Å²) in [5, 5.41) is 14.0. The minimum Gasteiger partial charge on any atom is -0.480 e. The lowest BCUT2D eigenvalue weighted by Crippen LogP contribution is -2.43. The Morgan fingerprint density at radius 3 is 2.40 bits per heavy atom. The number of carbonyl (C=O) groups excluding carboxylic acids is 1. The summed E-state index contributed by atoms with van der Waals surface area (Å²) in [6, 6.07) is -0.554. The molecule has 1 amide bonds. The number of carbonyl (C=O) groups is 2.